The Labute approximate surface area is 74.3 Å². The summed E-state index contributed by atoms with van der Waals surface area (Å²) in [6.45, 7) is 1.80. The molecule has 0 amide bonds. The number of hydrogen-bond acceptors (Lipinski definition) is 5. The van der Waals surface area contributed by atoms with Crippen LogP contribution in [0, 0.1) is 6.92 Å². The molecule has 0 aliphatic heterocycles. The lowest BCUT2D eigenvalue weighted by atomic mass is 10.4. The van der Waals surface area contributed by atoms with Gasteiger partial charge in [-0.15, -0.1) is 15.3 Å². The first-order valence-corrected chi connectivity index (χ1v) is 3.75. The van der Waals surface area contributed by atoms with E-state index in [1.807, 2.05) is 0 Å². The van der Waals surface area contributed by atoms with Crippen molar-refractivity contribution in [2.24, 2.45) is 0 Å². The fraction of sp³-hybridized carbons (Fsp3) is 0.286. The Hall–Kier alpha value is -1.85. The lowest BCUT2D eigenvalue weighted by Gasteiger charge is -2.01. The third-order valence-corrected chi connectivity index (χ3v) is 1.74. The van der Waals surface area contributed by atoms with Crippen LogP contribution in [0.2, 0.25) is 0 Å². The first-order chi connectivity index (χ1) is 6.22. The van der Waals surface area contributed by atoms with Crippen molar-refractivity contribution in [1.29, 1.82) is 0 Å². The number of ether oxygens (including phenoxy) is 1. The summed E-state index contributed by atoms with van der Waals surface area (Å²) < 4.78 is 6.51. The van der Waals surface area contributed by atoms with Gasteiger partial charge in [-0.1, -0.05) is 0 Å². The summed E-state index contributed by atoms with van der Waals surface area (Å²) in [6.07, 6.45) is 0. The maximum Gasteiger partial charge on any atom is 0.233 e. The van der Waals surface area contributed by atoms with Gasteiger partial charge in [-0.2, -0.15) is 4.52 Å². The second kappa shape index (κ2) is 2.58. The Bertz CT molecular complexity index is 449. The van der Waals surface area contributed by atoms with E-state index in [4.69, 9.17) is 10.5 Å². The minimum absolute atomic E-state index is 0.452. The number of nitrogens with two attached hydrogens (primary N) is 1. The number of aryl methyl sites for hydroxylation is 1. The van der Waals surface area contributed by atoms with Crippen molar-refractivity contribution >= 4 is 11.3 Å². The summed E-state index contributed by atoms with van der Waals surface area (Å²) in [5, 5.41) is 11.8. The molecule has 0 spiro atoms. The molecule has 2 aromatic heterocycles. The Kier molecular flexibility index (Phi) is 1.54. The Balaban J connectivity index is 2.80. The molecule has 0 unspecified atom stereocenters. The maximum absolute atomic E-state index is 5.70. The van der Waals surface area contributed by atoms with Crippen LogP contribution in [0.25, 0.3) is 5.65 Å². The number of hydrogen-bond donors (Lipinski definition) is 1. The van der Waals surface area contributed by atoms with Gasteiger partial charge in [0.05, 0.1) is 12.8 Å². The van der Waals surface area contributed by atoms with Crippen LogP contribution in [0.3, 0.4) is 0 Å². The zero-order chi connectivity index (χ0) is 9.42. The standard InChI is InChI=1S/C7H9N5O/c1-4-9-10-7-5(8)3-6(13-2)11-12(4)7/h3H,8H2,1-2H3. The van der Waals surface area contributed by atoms with Crippen LogP contribution in [0.4, 0.5) is 5.69 Å². The fourth-order valence-corrected chi connectivity index (χ4v) is 1.08. The van der Waals surface area contributed by atoms with Crippen molar-refractivity contribution in [1.82, 2.24) is 19.8 Å². The van der Waals surface area contributed by atoms with Gasteiger partial charge in [0.25, 0.3) is 0 Å². The molecule has 0 aliphatic rings. The van der Waals surface area contributed by atoms with Gasteiger partial charge in [-0.05, 0) is 6.92 Å². The predicted octanol–water partition coefficient (Wildman–Crippen LogP) is 0.0235. The highest BCUT2D eigenvalue weighted by Gasteiger charge is 2.07. The Morgan fingerprint density at radius 2 is 2.23 bits per heavy atom. The smallest absolute Gasteiger partial charge is 0.233 e. The molecule has 0 bridgehead atoms. The number of methoxy groups -OCH3 is 1. The second-order valence-corrected chi connectivity index (χ2v) is 2.62. The summed E-state index contributed by atoms with van der Waals surface area (Å²) >= 11 is 0. The average molecular weight is 179 g/mol. The van der Waals surface area contributed by atoms with Gasteiger partial charge in [0.1, 0.15) is 0 Å². The highest BCUT2D eigenvalue weighted by Crippen LogP contribution is 2.16. The molecule has 6 heteroatoms. The molecule has 0 saturated carbocycles. The SMILES string of the molecule is COc1cc(N)c2nnc(C)n2n1. The van der Waals surface area contributed by atoms with Crippen LogP contribution in [0.1, 0.15) is 5.82 Å². The van der Waals surface area contributed by atoms with Gasteiger partial charge in [0, 0.05) is 6.07 Å². The molecule has 2 rings (SSSR count). The molecular weight excluding hydrogens is 170 g/mol. The molecule has 0 aliphatic carbocycles. The molecule has 0 fully saturated rings. The molecule has 0 radical (unpaired) electrons. The molecule has 0 saturated heterocycles. The molecular formula is C7H9N5O. The zero-order valence-corrected chi connectivity index (χ0v) is 7.35. The number of nitrogen functional groups attached to an aromatic ring is 1. The van der Waals surface area contributed by atoms with Gasteiger partial charge in [0.2, 0.25) is 11.5 Å². The first kappa shape index (κ1) is 7.78. The number of nitrogens with zero attached hydrogens (tertiary/aromatic N) is 4. The topological polar surface area (TPSA) is 78.3 Å². The molecule has 68 valence electrons. The Morgan fingerprint density at radius 3 is 2.92 bits per heavy atom. The predicted molar refractivity (Wildman–Crippen MR) is 46.5 cm³/mol. The summed E-state index contributed by atoms with van der Waals surface area (Å²) in [7, 11) is 1.54. The molecule has 0 aromatic carbocycles. The normalized spacial score (nSPS) is 10.6. The van der Waals surface area contributed by atoms with Crippen LogP contribution < -0.4 is 10.5 Å². The van der Waals surface area contributed by atoms with Crippen molar-refractivity contribution in [2.45, 2.75) is 6.92 Å². The number of fused-ring (bicyclic) bond motifs is 1. The van der Waals surface area contributed by atoms with E-state index in [-0.39, 0.29) is 0 Å². The van der Waals surface area contributed by atoms with Gasteiger partial charge in [0.15, 0.2) is 5.82 Å². The van der Waals surface area contributed by atoms with Crippen molar-refractivity contribution in [2.75, 3.05) is 12.8 Å². The van der Waals surface area contributed by atoms with E-state index in [1.165, 1.54) is 7.11 Å². The van der Waals surface area contributed by atoms with Crippen LogP contribution in [0.5, 0.6) is 5.88 Å². The lowest BCUT2D eigenvalue weighted by molar-refractivity contribution is 0.390. The summed E-state index contributed by atoms with van der Waals surface area (Å²) in [4.78, 5) is 0. The van der Waals surface area contributed by atoms with Crippen LogP contribution in [-0.4, -0.2) is 26.9 Å². The van der Waals surface area contributed by atoms with E-state index < -0.39 is 0 Å². The van der Waals surface area contributed by atoms with E-state index >= 15 is 0 Å². The number of rotatable bonds is 1. The maximum atomic E-state index is 5.70. The molecule has 2 N–H and O–H groups in total. The average Bonchev–Trinajstić information content (AvgIpc) is 2.48. The van der Waals surface area contributed by atoms with Crippen molar-refractivity contribution in [3.8, 4) is 5.88 Å². The highest BCUT2D eigenvalue weighted by molar-refractivity contribution is 5.64. The quantitative estimate of drug-likeness (QED) is 0.667. The molecule has 2 aromatic rings. The molecule has 2 heterocycles. The minimum atomic E-state index is 0.452. The van der Waals surface area contributed by atoms with Gasteiger partial charge in [-0.3, -0.25) is 0 Å². The lowest BCUT2D eigenvalue weighted by Crippen LogP contribution is -2.01. The van der Waals surface area contributed by atoms with Crippen LogP contribution in [0.15, 0.2) is 6.07 Å². The summed E-state index contributed by atoms with van der Waals surface area (Å²) in [6, 6.07) is 1.61. The van der Waals surface area contributed by atoms with E-state index in [9.17, 15) is 0 Å². The highest BCUT2D eigenvalue weighted by atomic mass is 16.5. The number of anilines is 1. The van der Waals surface area contributed by atoms with Gasteiger partial charge < -0.3 is 10.5 Å². The van der Waals surface area contributed by atoms with Crippen molar-refractivity contribution < 1.29 is 4.74 Å². The zero-order valence-electron chi connectivity index (χ0n) is 7.35. The van der Waals surface area contributed by atoms with Crippen molar-refractivity contribution in [3.63, 3.8) is 0 Å². The summed E-state index contributed by atoms with van der Waals surface area (Å²) in [5.74, 6) is 1.13. The van der Waals surface area contributed by atoms with Crippen LogP contribution in [-0.2, 0) is 0 Å². The third kappa shape index (κ3) is 1.07. The van der Waals surface area contributed by atoms with E-state index in [0.29, 0.717) is 23.0 Å². The van der Waals surface area contributed by atoms with Crippen molar-refractivity contribution in [3.05, 3.63) is 11.9 Å². The molecule has 6 nitrogen and oxygen atoms in total. The summed E-state index contributed by atoms with van der Waals surface area (Å²) in [5.41, 5.74) is 6.76. The monoisotopic (exact) mass is 179 g/mol. The second-order valence-electron chi connectivity index (χ2n) is 2.62. The van der Waals surface area contributed by atoms with E-state index in [0.717, 1.165) is 0 Å². The van der Waals surface area contributed by atoms with Gasteiger partial charge in [-0.25, -0.2) is 0 Å². The van der Waals surface area contributed by atoms with Gasteiger partial charge >= 0.3 is 0 Å². The molecule has 0 atom stereocenters. The third-order valence-electron chi connectivity index (χ3n) is 1.74. The molecule has 13 heavy (non-hydrogen) atoms. The van der Waals surface area contributed by atoms with E-state index in [1.54, 1.807) is 17.5 Å². The Morgan fingerprint density at radius 1 is 1.46 bits per heavy atom. The van der Waals surface area contributed by atoms with E-state index in [2.05, 4.69) is 15.3 Å². The minimum Gasteiger partial charge on any atom is -0.480 e. The fourth-order valence-electron chi connectivity index (χ4n) is 1.08. The van der Waals surface area contributed by atoms with Crippen LogP contribution >= 0.6 is 0 Å². The largest absolute Gasteiger partial charge is 0.480 e. The first-order valence-electron chi connectivity index (χ1n) is 3.75. The number of aromatic nitrogens is 4.